The fourth-order valence-electron chi connectivity index (χ4n) is 3.34. The van der Waals surface area contributed by atoms with E-state index in [0.717, 1.165) is 38.0 Å². The molecule has 1 aromatic rings. The molecule has 3 unspecified atom stereocenters. The van der Waals surface area contributed by atoms with Gasteiger partial charge in [0.2, 0.25) is 0 Å². The molecule has 1 N–H and O–H groups in total. The molecule has 3 atom stereocenters. The Morgan fingerprint density at radius 3 is 2.75 bits per heavy atom. The molecule has 0 bridgehead atoms. The molecule has 1 fully saturated rings. The molecule has 0 radical (unpaired) electrons. The van der Waals surface area contributed by atoms with Gasteiger partial charge in [-0.25, -0.2) is 8.42 Å². The maximum atomic E-state index is 11.8. The van der Waals surface area contributed by atoms with E-state index in [1.54, 1.807) is 6.26 Å². The van der Waals surface area contributed by atoms with E-state index in [0.29, 0.717) is 5.92 Å². The van der Waals surface area contributed by atoms with Crippen molar-refractivity contribution in [3.63, 3.8) is 0 Å². The lowest BCUT2D eigenvalue weighted by Gasteiger charge is -2.34. The molecule has 1 aromatic heterocycles. The van der Waals surface area contributed by atoms with Gasteiger partial charge in [-0.3, -0.25) is 0 Å². The van der Waals surface area contributed by atoms with Crippen molar-refractivity contribution in [3.05, 3.63) is 23.7 Å². The standard InChI is InChI=1S/C15H25NO3S/c1-4-16-15(14-8-9-19-11(14)2)12-6-5-7-13(10-12)20(3,17)18/h8-9,12-13,15-16H,4-7,10H2,1-3H3. The summed E-state index contributed by atoms with van der Waals surface area (Å²) in [6, 6.07) is 2.20. The average molecular weight is 299 g/mol. The lowest BCUT2D eigenvalue weighted by Crippen LogP contribution is -2.35. The highest BCUT2D eigenvalue weighted by Crippen LogP contribution is 2.37. The minimum atomic E-state index is -2.94. The number of nitrogens with one attached hydrogen (secondary N) is 1. The molecule has 0 aromatic carbocycles. The van der Waals surface area contributed by atoms with Gasteiger partial charge < -0.3 is 9.73 Å². The van der Waals surface area contributed by atoms with Gasteiger partial charge in [-0.05, 0) is 44.7 Å². The van der Waals surface area contributed by atoms with E-state index < -0.39 is 9.84 Å². The first-order valence-electron chi connectivity index (χ1n) is 7.39. The minimum Gasteiger partial charge on any atom is -0.469 e. The van der Waals surface area contributed by atoms with Crippen molar-refractivity contribution in [2.45, 2.75) is 50.8 Å². The van der Waals surface area contributed by atoms with Crippen LogP contribution in [0.5, 0.6) is 0 Å². The summed E-state index contributed by atoms with van der Waals surface area (Å²) in [4.78, 5) is 0. The van der Waals surface area contributed by atoms with Crippen molar-refractivity contribution in [1.82, 2.24) is 5.32 Å². The molecule has 20 heavy (non-hydrogen) atoms. The number of aryl methyl sites for hydroxylation is 1. The van der Waals surface area contributed by atoms with Crippen LogP contribution in [0.4, 0.5) is 0 Å². The maximum Gasteiger partial charge on any atom is 0.150 e. The number of hydrogen-bond donors (Lipinski definition) is 1. The first-order chi connectivity index (χ1) is 9.43. The molecule has 5 heteroatoms. The Kier molecular flexibility index (Phi) is 4.91. The average Bonchev–Trinajstić information content (AvgIpc) is 2.81. The van der Waals surface area contributed by atoms with Crippen molar-refractivity contribution < 1.29 is 12.8 Å². The number of sulfone groups is 1. The predicted octanol–water partition coefficient (Wildman–Crippen LogP) is 2.84. The number of hydrogen-bond acceptors (Lipinski definition) is 4. The maximum absolute atomic E-state index is 11.8. The molecule has 0 aliphatic heterocycles. The van der Waals surface area contributed by atoms with E-state index in [2.05, 4.69) is 12.2 Å². The third-order valence-electron chi connectivity index (χ3n) is 4.40. The summed E-state index contributed by atoms with van der Waals surface area (Å²) < 4.78 is 29.1. The van der Waals surface area contributed by atoms with Crippen LogP contribution >= 0.6 is 0 Å². The van der Waals surface area contributed by atoms with Gasteiger partial charge >= 0.3 is 0 Å². The SMILES string of the molecule is CCNC(c1ccoc1C)C1CCCC(S(C)(=O)=O)C1. The Balaban J connectivity index is 2.19. The molecular weight excluding hydrogens is 274 g/mol. The van der Waals surface area contributed by atoms with Crippen molar-refractivity contribution in [2.75, 3.05) is 12.8 Å². The van der Waals surface area contributed by atoms with Crippen LogP contribution < -0.4 is 5.32 Å². The molecule has 1 aliphatic rings. The fraction of sp³-hybridized carbons (Fsp3) is 0.733. The highest BCUT2D eigenvalue weighted by atomic mass is 32.2. The van der Waals surface area contributed by atoms with E-state index in [-0.39, 0.29) is 11.3 Å². The second-order valence-electron chi connectivity index (χ2n) is 5.85. The largest absolute Gasteiger partial charge is 0.469 e. The normalized spacial score (nSPS) is 25.6. The summed E-state index contributed by atoms with van der Waals surface area (Å²) >= 11 is 0. The minimum absolute atomic E-state index is 0.186. The van der Waals surface area contributed by atoms with Crippen LogP contribution in [0.25, 0.3) is 0 Å². The highest BCUT2D eigenvalue weighted by Gasteiger charge is 2.34. The Hall–Kier alpha value is -0.810. The van der Waals surface area contributed by atoms with Crippen LogP contribution in [0.1, 0.15) is 50.0 Å². The fourth-order valence-corrected chi connectivity index (χ4v) is 4.53. The third kappa shape index (κ3) is 3.44. The molecule has 0 spiro atoms. The van der Waals surface area contributed by atoms with Gasteiger partial charge in [0.15, 0.2) is 0 Å². The van der Waals surface area contributed by atoms with Crippen LogP contribution in [0.2, 0.25) is 0 Å². The molecule has 4 nitrogen and oxygen atoms in total. The molecule has 0 amide bonds. The van der Waals surface area contributed by atoms with Gasteiger partial charge in [0.05, 0.1) is 11.5 Å². The molecule has 1 saturated carbocycles. The van der Waals surface area contributed by atoms with Gasteiger partial charge in [-0.1, -0.05) is 13.3 Å². The summed E-state index contributed by atoms with van der Waals surface area (Å²) in [6.45, 7) is 4.92. The highest BCUT2D eigenvalue weighted by molar-refractivity contribution is 7.91. The number of rotatable bonds is 5. The van der Waals surface area contributed by atoms with Crippen LogP contribution in [0.3, 0.4) is 0 Å². The lowest BCUT2D eigenvalue weighted by atomic mass is 9.81. The Morgan fingerprint density at radius 1 is 1.45 bits per heavy atom. The predicted molar refractivity (Wildman–Crippen MR) is 80.5 cm³/mol. The summed E-state index contributed by atoms with van der Waals surface area (Å²) in [5, 5.41) is 3.33. The van der Waals surface area contributed by atoms with E-state index >= 15 is 0 Å². The smallest absolute Gasteiger partial charge is 0.150 e. The summed E-state index contributed by atoms with van der Waals surface area (Å²) in [5.74, 6) is 1.29. The lowest BCUT2D eigenvalue weighted by molar-refractivity contribution is 0.273. The first-order valence-corrected chi connectivity index (χ1v) is 9.35. The van der Waals surface area contributed by atoms with Gasteiger partial charge in [-0.2, -0.15) is 0 Å². The van der Waals surface area contributed by atoms with Gasteiger partial charge in [0.25, 0.3) is 0 Å². The van der Waals surface area contributed by atoms with E-state index in [1.807, 2.05) is 13.0 Å². The van der Waals surface area contributed by atoms with Gasteiger partial charge in [0.1, 0.15) is 15.6 Å². The third-order valence-corrected chi connectivity index (χ3v) is 6.04. The summed E-state index contributed by atoms with van der Waals surface area (Å²) in [5.41, 5.74) is 1.17. The zero-order valence-corrected chi connectivity index (χ0v) is 13.4. The number of furan rings is 1. The zero-order valence-electron chi connectivity index (χ0n) is 12.6. The molecule has 1 heterocycles. The summed E-state index contributed by atoms with van der Waals surface area (Å²) in [6.07, 6.45) is 6.70. The van der Waals surface area contributed by atoms with Crippen molar-refractivity contribution in [3.8, 4) is 0 Å². The van der Waals surface area contributed by atoms with Gasteiger partial charge in [-0.15, -0.1) is 0 Å². The van der Waals surface area contributed by atoms with E-state index in [1.165, 1.54) is 11.8 Å². The van der Waals surface area contributed by atoms with Crippen LogP contribution in [-0.2, 0) is 9.84 Å². The molecule has 1 aliphatic carbocycles. The molecular formula is C15H25NO3S. The monoisotopic (exact) mass is 299 g/mol. The van der Waals surface area contributed by atoms with Crippen molar-refractivity contribution in [2.24, 2.45) is 5.92 Å². The Labute approximate surface area is 121 Å². The second kappa shape index (κ2) is 6.31. The zero-order chi connectivity index (χ0) is 14.8. The summed E-state index contributed by atoms with van der Waals surface area (Å²) in [7, 11) is -2.94. The molecule has 2 rings (SSSR count). The quantitative estimate of drug-likeness (QED) is 0.908. The second-order valence-corrected chi connectivity index (χ2v) is 8.17. The van der Waals surface area contributed by atoms with Crippen molar-refractivity contribution >= 4 is 9.84 Å². The Morgan fingerprint density at radius 2 is 2.20 bits per heavy atom. The van der Waals surface area contributed by atoms with E-state index in [9.17, 15) is 8.42 Å². The first kappa shape index (κ1) is 15.6. The van der Waals surface area contributed by atoms with Crippen LogP contribution in [0.15, 0.2) is 16.7 Å². The van der Waals surface area contributed by atoms with E-state index in [4.69, 9.17) is 4.42 Å². The van der Waals surface area contributed by atoms with Gasteiger partial charge in [0, 0.05) is 17.9 Å². The topological polar surface area (TPSA) is 59.3 Å². The molecule has 0 saturated heterocycles. The Bertz CT molecular complexity index is 535. The molecule has 114 valence electrons. The van der Waals surface area contributed by atoms with Crippen LogP contribution in [-0.4, -0.2) is 26.5 Å². The van der Waals surface area contributed by atoms with Crippen molar-refractivity contribution in [1.29, 1.82) is 0 Å². The van der Waals surface area contributed by atoms with Crippen LogP contribution in [0, 0.1) is 12.8 Å².